The fourth-order valence-corrected chi connectivity index (χ4v) is 3.78. The number of primary amides is 1. The molecule has 1 amide bonds. The van der Waals surface area contributed by atoms with Crippen LogP contribution in [0.2, 0.25) is 0 Å². The van der Waals surface area contributed by atoms with Gasteiger partial charge in [0.2, 0.25) is 6.10 Å². The zero-order valence-corrected chi connectivity index (χ0v) is 21.5. The lowest BCUT2D eigenvalue weighted by Gasteiger charge is -2.22. The molecule has 10 heteroatoms. The predicted molar refractivity (Wildman–Crippen MR) is 128 cm³/mol. The van der Waals surface area contributed by atoms with Gasteiger partial charge in [-0.25, -0.2) is 0 Å². The highest BCUT2D eigenvalue weighted by molar-refractivity contribution is 5.92. The van der Waals surface area contributed by atoms with E-state index in [1.54, 1.807) is 22.9 Å². The molecule has 0 aliphatic carbocycles. The molecule has 1 aromatic rings. The minimum Gasteiger partial charge on any atom is -0.463 e. The molecule has 0 aromatic carbocycles. The molecule has 4 atom stereocenters. The van der Waals surface area contributed by atoms with Crippen LogP contribution >= 0.6 is 0 Å². The molecule has 1 saturated heterocycles. The van der Waals surface area contributed by atoms with Gasteiger partial charge >= 0.3 is 24.1 Å². The highest BCUT2D eigenvalue weighted by Gasteiger charge is 2.55. The van der Waals surface area contributed by atoms with Crippen LogP contribution in [0.25, 0.3) is 0 Å². The summed E-state index contributed by atoms with van der Waals surface area (Å²) in [7, 11) is 0. The summed E-state index contributed by atoms with van der Waals surface area (Å²) >= 11 is 0. The predicted octanol–water partition coefficient (Wildman–Crippen LogP) is 2.91. The molecule has 0 radical (unpaired) electrons. The van der Waals surface area contributed by atoms with Crippen LogP contribution in [0.1, 0.15) is 95.1 Å². The van der Waals surface area contributed by atoms with E-state index in [0.717, 1.165) is 19.3 Å². The van der Waals surface area contributed by atoms with Gasteiger partial charge in [-0.05, 0) is 25.3 Å². The molecule has 0 spiro atoms. The third-order valence-electron chi connectivity index (χ3n) is 5.83. The first-order valence-corrected chi connectivity index (χ1v) is 12.8. The van der Waals surface area contributed by atoms with Crippen molar-refractivity contribution in [2.24, 2.45) is 5.73 Å². The van der Waals surface area contributed by atoms with Gasteiger partial charge in [-0.1, -0.05) is 40.0 Å². The SMILES string of the molecule is CCCCC(=O)OCC1OC([n+]2cccc(C(N)=O)c2)[C@H](OC(=O)CCCC)[C@@H]1OC(=O)CCCC. The Morgan fingerprint density at radius 1 is 0.889 bits per heavy atom. The number of hydrogen-bond donors (Lipinski definition) is 1. The lowest BCUT2D eigenvalue weighted by Crippen LogP contribution is -2.49. The largest absolute Gasteiger partial charge is 0.463 e. The van der Waals surface area contributed by atoms with Gasteiger partial charge in [0.1, 0.15) is 18.3 Å². The van der Waals surface area contributed by atoms with Crippen molar-refractivity contribution in [1.29, 1.82) is 0 Å². The number of nitrogens with two attached hydrogens (primary N) is 1. The number of carbonyl (C=O) groups is 4. The normalized spacial score (nSPS) is 21.1. The fraction of sp³-hybridized carbons (Fsp3) is 0.654. The topological polar surface area (TPSA) is 135 Å². The first kappa shape index (κ1) is 29.2. The minimum absolute atomic E-state index is 0.177. The van der Waals surface area contributed by atoms with E-state index in [9.17, 15) is 19.2 Å². The van der Waals surface area contributed by atoms with Crippen molar-refractivity contribution in [3.63, 3.8) is 0 Å². The maximum Gasteiger partial charge on any atom is 0.306 e. The molecule has 2 unspecified atom stereocenters. The number of ether oxygens (including phenoxy) is 4. The molecular formula is C26H39N2O8+. The Hall–Kier alpha value is -3.01. The molecule has 0 saturated carbocycles. The highest BCUT2D eigenvalue weighted by Crippen LogP contribution is 2.32. The number of nitrogens with zero attached hydrogens (tertiary/aromatic N) is 1. The average Bonchev–Trinajstić information content (AvgIpc) is 3.20. The van der Waals surface area contributed by atoms with Crippen molar-refractivity contribution in [2.75, 3.05) is 6.61 Å². The number of aromatic nitrogens is 1. The summed E-state index contributed by atoms with van der Waals surface area (Å²) in [5.74, 6) is -1.95. The van der Waals surface area contributed by atoms with Gasteiger partial charge < -0.3 is 24.7 Å². The molecule has 2 heterocycles. The standard InChI is InChI=1S/C26H38N2O8/c1-4-7-12-20(29)33-17-19-23(35-21(30)13-8-5-2)24(36-22(31)14-9-6-3)26(34-19)28-15-10-11-18(16-28)25(27)32/h10-11,15-16,19,23-24,26H,4-9,12-14,17H2,1-3H3,(H-,27,32)/p+1/t19?,23-,24-,26?/m1/s1. The van der Waals surface area contributed by atoms with Crippen molar-refractivity contribution >= 4 is 23.8 Å². The summed E-state index contributed by atoms with van der Waals surface area (Å²) in [5, 5.41) is 0. The first-order valence-electron chi connectivity index (χ1n) is 12.8. The van der Waals surface area contributed by atoms with Gasteiger partial charge in [-0.2, -0.15) is 4.57 Å². The summed E-state index contributed by atoms with van der Waals surface area (Å²) in [6, 6.07) is 3.16. The van der Waals surface area contributed by atoms with Crippen molar-refractivity contribution in [2.45, 2.75) is 103 Å². The van der Waals surface area contributed by atoms with E-state index in [2.05, 4.69) is 0 Å². The molecular weight excluding hydrogens is 468 g/mol. The third-order valence-corrected chi connectivity index (χ3v) is 5.83. The maximum atomic E-state index is 12.6. The summed E-state index contributed by atoms with van der Waals surface area (Å²) < 4.78 is 24.6. The molecule has 1 aliphatic heterocycles. The van der Waals surface area contributed by atoms with E-state index in [0.29, 0.717) is 19.3 Å². The van der Waals surface area contributed by atoms with Crippen LogP contribution in [0.4, 0.5) is 0 Å². The highest BCUT2D eigenvalue weighted by atomic mass is 16.7. The van der Waals surface area contributed by atoms with Crippen LogP contribution < -0.4 is 10.3 Å². The smallest absolute Gasteiger partial charge is 0.306 e. The van der Waals surface area contributed by atoms with Crippen LogP contribution in [0, 0.1) is 0 Å². The fourth-order valence-electron chi connectivity index (χ4n) is 3.78. The van der Waals surface area contributed by atoms with Crippen LogP contribution in [0.3, 0.4) is 0 Å². The van der Waals surface area contributed by atoms with E-state index < -0.39 is 42.4 Å². The summed E-state index contributed by atoms with van der Waals surface area (Å²) in [6.45, 7) is 5.71. The third kappa shape index (κ3) is 8.89. The van der Waals surface area contributed by atoms with Crippen molar-refractivity contribution < 1.29 is 42.7 Å². The molecule has 200 valence electrons. The van der Waals surface area contributed by atoms with Crippen LogP contribution in [-0.2, 0) is 33.3 Å². The van der Waals surface area contributed by atoms with Crippen molar-refractivity contribution in [3.05, 3.63) is 30.1 Å². The molecule has 1 fully saturated rings. The number of amides is 1. The number of pyridine rings is 1. The van der Waals surface area contributed by atoms with Gasteiger partial charge in [-0.3, -0.25) is 19.2 Å². The molecule has 2 N–H and O–H groups in total. The van der Waals surface area contributed by atoms with Crippen LogP contribution in [0.15, 0.2) is 24.5 Å². The van der Waals surface area contributed by atoms with Crippen LogP contribution in [0.5, 0.6) is 0 Å². The van der Waals surface area contributed by atoms with Crippen LogP contribution in [-0.4, -0.2) is 48.7 Å². The monoisotopic (exact) mass is 507 g/mol. The van der Waals surface area contributed by atoms with Crippen molar-refractivity contribution in [3.8, 4) is 0 Å². The Morgan fingerprint density at radius 2 is 1.44 bits per heavy atom. The number of rotatable bonds is 15. The van der Waals surface area contributed by atoms with Gasteiger partial charge in [0, 0.05) is 25.3 Å². The van der Waals surface area contributed by atoms with Gasteiger partial charge in [0.15, 0.2) is 18.5 Å². The van der Waals surface area contributed by atoms with E-state index in [4.69, 9.17) is 24.7 Å². The first-order chi connectivity index (χ1) is 17.3. The molecule has 1 aliphatic rings. The molecule has 10 nitrogen and oxygen atoms in total. The Balaban J connectivity index is 2.35. The number of hydrogen-bond acceptors (Lipinski definition) is 8. The Labute approximate surface area is 212 Å². The zero-order chi connectivity index (χ0) is 26.5. The van der Waals surface area contributed by atoms with Gasteiger partial charge in [0.25, 0.3) is 5.91 Å². The number of carbonyl (C=O) groups excluding carboxylic acids is 4. The molecule has 1 aromatic heterocycles. The van der Waals surface area contributed by atoms with Crippen molar-refractivity contribution in [1.82, 2.24) is 0 Å². The van der Waals surface area contributed by atoms with E-state index >= 15 is 0 Å². The quantitative estimate of drug-likeness (QED) is 0.217. The summed E-state index contributed by atoms with van der Waals surface area (Å²) in [5.41, 5.74) is 5.66. The maximum absolute atomic E-state index is 12.6. The number of esters is 3. The lowest BCUT2D eigenvalue weighted by atomic mass is 10.1. The Kier molecular flexibility index (Phi) is 12.3. The minimum atomic E-state index is -1.02. The average molecular weight is 508 g/mol. The van der Waals surface area contributed by atoms with Gasteiger partial charge in [-0.15, -0.1) is 0 Å². The van der Waals surface area contributed by atoms with E-state index in [-0.39, 0.29) is 37.4 Å². The zero-order valence-electron chi connectivity index (χ0n) is 21.5. The number of unbranched alkanes of at least 4 members (excludes halogenated alkanes) is 3. The lowest BCUT2D eigenvalue weighted by molar-refractivity contribution is -0.765. The second-order valence-corrected chi connectivity index (χ2v) is 8.87. The Morgan fingerprint density at radius 3 is 2.00 bits per heavy atom. The summed E-state index contributed by atoms with van der Waals surface area (Å²) in [6.07, 6.45) is 4.36. The molecule has 36 heavy (non-hydrogen) atoms. The second kappa shape index (κ2) is 15.2. The summed E-state index contributed by atoms with van der Waals surface area (Å²) in [4.78, 5) is 49.1. The Bertz CT molecular complexity index is 890. The molecule has 0 bridgehead atoms. The van der Waals surface area contributed by atoms with E-state index in [1.807, 2.05) is 20.8 Å². The second-order valence-electron chi connectivity index (χ2n) is 8.87. The van der Waals surface area contributed by atoms with Gasteiger partial charge in [0.05, 0.1) is 0 Å². The molecule has 2 rings (SSSR count). The van der Waals surface area contributed by atoms with E-state index in [1.165, 1.54) is 6.20 Å².